The Bertz CT molecular complexity index is 1000. The van der Waals surface area contributed by atoms with Crippen molar-refractivity contribution >= 4 is 23.4 Å². The van der Waals surface area contributed by atoms with E-state index in [1.54, 1.807) is 12.1 Å². The number of aromatic amines is 1. The van der Waals surface area contributed by atoms with Crippen molar-refractivity contribution in [3.05, 3.63) is 63.3 Å². The first-order valence-electron chi connectivity index (χ1n) is 9.54. The zero-order valence-electron chi connectivity index (χ0n) is 15.8. The number of carbonyl (C=O) groups is 1. The molecule has 1 aliphatic heterocycles. The summed E-state index contributed by atoms with van der Waals surface area (Å²) in [5.74, 6) is -0.725. The van der Waals surface area contributed by atoms with Crippen molar-refractivity contribution in [2.45, 2.75) is 49.4 Å². The van der Waals surface area contributed by atoms with Crippen LogP contribution in [0.25, 0.3) is 0 Å². The molecule has 0 amide bonds. The number of halogens is 1. The molecule has 0 spiro atoms. The van der Waals surface area contributed by atoms with Gasteiger partial charge in [0.05, 0.1) is 11.5 Å². The largest absolute Gasteiger partial charge is 0.343 e. The minimum atomic E-state index is -0.477. The van der Waals surface area contributed by atoms with Crippen LogP contribution in [0.5, 0.6) is 0 Å². The molecule has 146 valence electrons. The van der Waals surface area contributed by atoms with Crippen molar-refractivity contribution in [1.29, 1.82) is 0 Å². The quantitative estimate of drug-likeness (QED) is 0.595. The summed E-state index contributed by atoms with van der Waals surface area (Å²) in [6, 6.07) is 6.02. The summed E-state index contributed by atoms with van der Waals surface area (Å²) in [5, 5.41) is 4.11. The number of Topliss-reactive ketones (excluding diaryl/α,β-unsaturated/α-hetero) is 1. The van der Waals surface area contributed by atoms with Gasteiger partial charge in [-0.2, -0.15) is 0 Å². The van der Waals surface area contributed by atoms with E-state index in [4.69, 9.17) is 0 Å². The standard InChI is InChI=1S/C21H22FN3O2S/c1-3-11(2)28-21-24-19-18(20(27)25-21)16(12-7-9-13(22)10-8-12)17-14(23-19)5-4-6-15(17)26/h5,7-11,16-17H,3-4,6H2,1-2H3,(H2,23,24,25,27)/t11-,16+,17+/m1/s1. The maximum absolute atomic E-state index is 13.5. The van der Waals surface area contributed by atoms with Crippen LogP contribution in [0, 0.1) is 11.7 Å². The number of allylic oxidation sites excluding steroid dienone is 2. The molecule has 5 nitrogen and oxygen atoms in total. The van der Waals surface area contributed by atoms with E-state index in [1.807, 2.05) is 6.08 Å². The second kappa shape index (κ2) is 7.54. The SMILES string of the molecule is CC[C@@H](C)Sc1nc2c(c(=O)[nH]1)[C@@H](c1ccc(F)cc1)[C@@H]1C(=O)CCC=C1N2. The van der Waals surface area contributed by atoms with Gasteiger partial charge in [-0.25, -0.2) is 9.37 Å². The van der Waals surface area contributed by atoms with Crippen molar-refractivity contribution in [3.63, 3.8) is 0 Å². The van der Waals surface area contributed by atoms with E-state index < -0.39 is 11.8 Å². The maximum Gasteiger partial charge on any atom is 0.257 e. The summed E-state index contributed by atoms with van der Waals surface area (Å²) >= 11 is 1.52. The molecule has 0 bridgehead atoms. The Morgan fingerprint density at radius 3 is 2.71 bits per heavy atom. The molecule has 0 radical (unpaired) electrons. The van der Waals surface area contributed by atoms with Crippen molar-refractivity contribution in [2.75, 3.05) is 5.32 Å². The van der Waals surface area contributed by atoms with Crippen LogP contribution in [0.2, 0.25) is 0 Å². The number of H-pyrrole nitrogens is 1. The Morgan fingerprint density at radius 2 is 2.00 bits per heavy atom. The van der Waals surface area contributed by atoms with E-state index in [1.165, 1.54) is 23.9 Å². The van der Waals surface area contributed by atoms with Gasteiger partial charge in [-0.05, 0) is 30.5 Å². The van der Waals surface area contributed by atoms with Crippen LogP contribution in [0.3, 0.4) is 0 Å². The zero-order chi connectivity index (χ0) is 19.8. The molecule has 2 N–H and O–H groups in total. The minimum absolute atomic E-state index is 0.0856. The first-order valence-corrected chi connectivity index (χ1v) is 10.4. The summed E-state index contributed by atoms with van der Waals surface area (Å²) < 4.78 is 13.5. The molecule has 1 aromatic heterocycles. The molecule has 2 aliphatic rings. The van der Waals surface area contributed by atoms with E-state index in [-0.39, 0.29) is 17.2 Å². The summed E-state index contributed by atoms with van der Waals surface area (Å²) in [6.07, 6.45) is 4.08. The van der Waals surface area contributed by atoms with Crippen LogP contribution in [0.15, 0.2) is 46.0 Å². The average molecular weight is 399 g/mol. The highest BCUT2D eigenvalue weighted by Crippen LogP contribution is 2.44. The van der Waals surface area contributed by atoms with Crippen molar-refractivity contribution in [3.8, 4) is 0 Å². The zero-order valence-corrected chi connectivity index (χ0v) is 16.6. The fraction of sp³-hybridized carbons (Fsp3) is 0.381. The van der Waals surface area contributed by atoms with Crippen LogP contribution in [-0.4, -0.2) is 21.0 Å². The second-order valence-corrected chi connectivity index (χ2v) is 8.69. The third kappa shape index (κ3) is 3.39. The van der Waals surface area contributed by atoms with Gasteiger partial charge in [-0.15, -0.1) is 0 Å². The number of fused-ring (bicyclic) bond motifs is 2. The van der Waals surface area contributed by atoms with Crippen LogP contribution < -0.4 is 10.9 Å². The molecule has 7 heteroatoms. The van der Waals surface area contributed by atoms with Gasteiger partial charge >= 0.3 is 0 Å². The van der Waals surface area contributed by atoms with Crippen LogP contribution >= 0.6 is 11.8 Å². The number of hydrogen-bond donors (Lipinski definition) is 2. The predicted octanol–water partition coefficient (Wildman–Crippen LogP) is 4.22. The molecule has 28 heavy (non-hydrogen) atoms. The molecule has 3 atom stereocenters. The first kappa shape index (κ1) is 18.9. The fourth-order valence-electron chi connectivity index (χ4n) is 3.83. The van der Waals surface area contributed by atoms with Gasteiger partial charge in [0, 0.05) is 23.3 Å². The van der Waals surface area contributed by atoms with Gasteiger partial charge in [-0.1, -0.05) is 43.8 Å². The lowest BCUT2D eigenvalue weighted by atomic mass is 9.72. The fourth-order valence-corrected chi connectivity index (χ4v) is 4.67. The van der Waals surface area contributed by atoms with Gasteiger partial charge in [0.15, 0.2) is 5.16 Å². The van der Waals surface area contributed by atoms with Crippen molar-refractivity contribution in [2.24, 2.45) is 5.92 Å². The number of carbonyl (C=O) groups excluding carboxylic acids is 1. The predicted molar refractivity (Wildman–Crippen MR) is 108 cm³/mol. The maximum atomic E-state index is 13.5. The molecule has 1 aromatic carbocycles. The second-order valence-electron chi connectivity index (χ2n) is 7.27. The number of nitrogens with one attached hydrogen (secondary N) is 2. The van der Waals surface area contributed by atoms with Gasteiger partial charge in [0.2, 0.25) is 0 Å². The number of anilines is 1. The van der Waals surface area contributed by atoms with Crippen molar-refractivity contribution < 1.29 is 9.18 Å². The van der Waals surface area contributed by atoms with Crippen LogP contribution in [0.1, 0.15) is 50.2 Å². The third-order valence-electron chi connectivity index (χ3n) is 5.39. The Balaban J connectivity index is 1.87. The van der Waals surface area contributed by atoms with Crippen LogP contribution in [-0.2, 0) is 4.79 Å². The highest BCUT2D eigenvalue weighted by atomic mass is 32.2. The van der Waals surface area contributed by atoms with Gasteiger partial charge in [-0.3, -0.25) is 9.59 Å². The Labute approximate surface area is 166 Å². The summed E-state index contributed by atoms with van der Waals surface area (Å²) in [5.41, 5.74) is 1.72. The number of hydrogen-bond acceptors (Lipinski definition) is 5. The molecule has 2 aromatic rings. The monoisotopic (exact) mass is 399 g/mol. The van der Waals surface area contributed by atoms with E-state index in [0.29, 0.717) is 34.6 Å². The topological polar surface area (TPSA) is 74.8 Å². The molecule has 1 aliphatic carbocycles. The molecule has 2 heterocycles. The normalized spacial score (nSPS) is 22.0. The van der Waals surface area contributed by atoms with Gasteiger partial charge < -0.3 is 10.3 Å². The van der Waals surface area contributed by atoms with E-state index >= 15 is 0 Å². The van der Waals surface area contributed by atoms with Gasteiger partial charge in [0.1, 0.15) is 17.4 Å². The van der Waals surface area contributed by atoms with Gasteiger partial charge in [0.25, 0.3) is 5.56 Å². The smallest absolute Gasteiger partial charge is 0.257 e. The average Bonchev–Trinajstić information content (AvgIpc) is 2.67. The molecular formula is C21H22FN3O2S. The number of benzene rings is 1. The number of nitrogens with zero attached hydrogens (tertiary/aromatic N) is 1. The summed E-state index contributed by atoms with van der Waals surface area (Å²) in [6.45, 7) is 4.16. The lowest BCUT2D eigenvalue weighted by Crippen LogP contribution is -2.38. The van der Waals surface area contributed by atoms with Crippen LogP contribution in [0.4, 0.5) is 10.2 Å². The summed E-state index contributed by atoms with van der Waals surface area (Å²) in [7, 11) is 0. The molecule has 0 fully saturated rings. The molecule has 0 saturated heterocycles. The minimum Gasteiger partial charge on any atom is -0.343 e. The summed E-state index contributed by atoms with van der Waals surface area (Å²) in [4.78, 5) is 33.3. The highest BCUT2D eigenvalue weighted by Gasteiger charge is 2.42. The van der Waals surface area contributed by atoms with Crippen molar-refractivity contribution in [1.82, 2.24) is 9.97 Å². The number of rotatable bonds is 4. The first-order chi connectivity index (χ1) is 13.5. The highest BCUT2D eigenvalue weighted by molar-refractivity contribution is 7.99. The van der Waals surface area contributed by atoms with E-state index in [9.17, 15) is 14.0 Å². The third-order valence-corrected chi connectivity index (χ3v) is 6.55. The molecule has 4 rings (SSSR count). The Kier molecular flexibility index (Phi) is 5.10. The Morgan fingerprint density at radius 1 is 1.25 bits per heavy atom. The lowest BCUT2D eigenvalue weighted by Gasteiger charge is -2.36. The lowest BCUT2D eigenvalue weighted by molar-refractivity contribution is -0.122. The Hall–Kier alpha value is -2.41. The molecular weight excluding hydrogens is 377 g/mol. The number of aromatic nitrogens is 2. The van der Waals surface area contributed by atoms with E-state index in [2.05, 4.69) is 29.1 Å². The van der Waals surface area contributed by atoms with E-state index in [0.717, 1.165) is 17.7 Å². The number of thioether (sulfide) groups is 1. The molecule has 0 unspecified atom stereocenters. The number of ketones is 1. The molecule has 0 saturated carbocycles.